The Morgan fingerprint density at radius 2 is 1.78 bits per heavy atom. The standard InChI is InChI=1S/C29H34FN3O3/c30-24-8-2-1-7-23(24)20-33-25-9-3-4-10-26(25)36-27(29(33)35)19-21-11-13-22(14-12-21)28(34)31-15-18-32-16-5-6-17-32/h1-2,7-8,11-14,19,25-26H,3-6,9-10,15-18,20H2,(H,31,34)/b27-19-. The lowest BCUT2D eigenvalue weighted by Crippen LogP contribution is -2.54. The number of nitrogens with zero attached hydrogens (tertiary/aromatic N) is 2. The molecule has 1 N–H and O–H groups in total. The van der Waals surface area contributed by atoms with Gasteiger partial charge in [0.05, 0.1) is 6.04 Å². The van der Waals surface area contributed by atoms with E-state index in [2.05, 4.69) is 10.2 Å². The van der Waals surface area contributed by atoms with Gasteiger partial charge in [-0.1, -0.05) is 36.8 Å². The molecule has 2 aromatic rings. The molecule has 1 aliphatic carbocycles. The monoisotopic (exact) mass is 491 g/mol. The fourth-order valence-corrected chi connectivity index (χ4v) is 5.49. The van der Waals surface area contributed by atoms with E-state index < -0.39 is 0 Å². The molecule has 6 nitrogen and oxygen atoms in total. The molecule has 2 atom stereocenters. The molecule has 3 fully saturated rings. The summed E-state index contributed by atoms with van der Waals surface area (Å²) in [5, 5.41) is 2.99. The summed E-state index contributed by atoms with van der Waals surface area (Å²) >= 11 is 0. The van der Waals surface area contributed by atoms with Gasteiger partial charge in [0.2, 0.25) is 0 Å². The van der Waals surface area contributed by atoms with Crippen LogP contribution in [0.2, 0.25) is 0 Å². The van der Waals surface area contributed by atoms with Crippen LogP contribution in [0.3, 0.4) is 0 Å². The van der Waals surface area contributed by atoms with Crippen molar-refractivity contribution in [2.45, 2.75) is 57.2 Å². The Hall–Kier alpha value is -3.19. The average Bonchev–Trinajstić information content (AvgIpc) is 3.41. The lowest BCUT2D eigenvalue weighted by Gasteiger charge is -2.44. The third-order valence-corrected chi connectivity index (χ3v) is 7.50. The molecule has 2 heterocycles. The van der Waals surface area contributed by atoms with Gasteiger partial charge in [0, 0.05) is 30.8 Å². The molecule has 3 aliphatic rings. The summed E-state index contributed by atoms with van der Waals surface area (Å²) in [5.74, 6) is -0.342. The Kier molecular flexibility index (Phi) is 7.66. The maximum atomic E-state index is 14.4. The third-order valence-electron chi connectivity index (χ3n) is 7.50. The van der Waals surface area contributed by atoms with Crippen LogP contribution in [0.4, 0.5) is 4.39 Å². The van der Waals surface area contributed by atoms with Gasteiger partial charge in [-0.15, -0.1) is 0 Å². The van der Waals surface area contributed by atoms with Crippen LogP contribution in [0.1, 0.15) is 60.0 Å². The first-order valence-electron chi connectivity index (χ1n) is 13.1. The summed E-state index contributed by atoms with van der Waals surface area (Å²) in [7, 11) is 0. The number of benzene rings is 2. The fraction of sp³-hybridized carbons (Fsp3) is 0.448. The first kappa shape index (κ1) is 24.5. The molecule has 0 spiro atoms. The van der Waals surface area contributed by atoms with E-state index in [1.165, 1.54) is 18.9 Å². The molecule has 0 radical (unpaired) electrons. The highest BCUT2D eigenvalue weighted by atomic mass is 19.1. The summed E-state index contributed by atoms with van der Waals surface area (Å²) in [6, 6.07) is 13.8. The van der Waals surface area contributed by atoms with Crippen LogP contribution < -0.4 is 5.32 Å². The normalized spacial score (nSPS) is 23.4. The highest BCUT2D eigenvalue weighted by Crippen LogP contribution is 2.34. The summed E-state index contributed by atoms with van der Waals surface area (Å²) < 4.78 is 20.6. The Labute approximate surface area is 212 Å². The summed E-state index contributed by atoms with van der Waals surface area (Å²) in [6.45, 7) is 3.96. The van der Waals surface area contributed by atoms with Crippen LogP contribution in [0.25, 0.3) is 6.08 Å². The highest BCUT2D eigenvalue weighted by Gasteiger charge is 2.41. The third kappa shape index (κ3) is 5.62. The zero-order valence-corrected chi connectivity index (χ0v) is 20.6. The van der Waals surface area contributed by atoms with Crippen LogP contribution in [-0.4, -0.2) is 59.9 Å². The van der Waals surface area contributed by atoms with Gasteiger partial charge in [-0.25, -0.2) is 4.39 Å². The number of carbonyl (C=O) groups is 2. The van der Waals surface area contributed by atoms with E-state index in [-0.39, 0.29) is 42.1 Å². The largest absolute Gasteiger partial charge is 0.482 e. The molecule has 36 heavy (non-hydrogen) atoms. The number of halogens is 1. The van der Waals surface area contributed by atoms with Crippen molar-refractivity contribution in [3.8, 4) is 0 Å². The van der Waals surface area contributed by atoms with Crippen molar-refractivity contribution in [1.29, 1.82) is 0 Å². The topological polar surface area (TPSA) is 61.9 Å². The van der Waals surface area contributed by atoms with Crippen molar-refractivity contribution in [2.75, 3.05) is 26.2 Å². The second-order valence-electron chi connectivity index (χ2n) is 9.97. The van der Waals surface area contributed by atoms with Crippen molar-refractivity contribution in [1.82, 2.24) is 15.1 Å². The zero-order chi connectivity index (χ0) is 24.9. The minimum atomic E-state index is -0.302. The predicted octanol–water partition coefficient (Wildman–Crippen LogP) is 4.36. The van der Waals surface area contributed by atoms with Crippen LogP contribution in [0.5, 0.6) is 0 Å². The number of likely N-dealkylation sites (tertiary alicyclic amines) is 1. The van der Waals surface area contributed by atoms with E-state index >= 15 is 0 Å². The molecule has 2 saturated heterocycles. The lowest BCUT2D eigenvalue weighted by molar-refractivity contribution is -0.149. The van der Waals surface area contributed by atoms with Gasteiger partial charge in [0.25, 0.3) is 11.8 Å². The maximum Gasteiger partial charge on any atom is 0.289 e. The van der Waals surface area contributed by atoms with E-state index in [0.717, 1.165) is 50.9 Å². The second-order valence-corrected chi connectivity index (χ2v) is 9.97. The Morgan fingerprint density at radius 1 is 1.03 bits per heavy atom. The van der Waals surface area contributed by atoms with Crippen molar-refractivity contribution < 1.29 is 18.7 Å². The number of ether oxygens (including phenoxy) is 1. The SMILES string of the molecule is O=C(NCCN1CCCC1)c1ccc(/C=C2\OC3CCCCC3N(Cc3ccccc3F)C2=O)cc1. The van der Waals surface area contributed by atoms with E-state index in [1.807, 2.05) is 12.1 Å². The van der Waals surface area contributed by atoms with E-state index in [1.54, 1.807) is 41.3 Å². The summed E-state index contributed by atoms with van der Waals surface area (Å²) in [4.78, 5) is 30.1. The van der Waals surface area contributed by atoms with Gasteiger partial charge in [-0.05, 0) is 75.0 Å². The molecule has 190 valence electrons. The van der Waals surface area contributed by atoms with E-state index in [0.29, 0.717) is 17.7 Å². The average molecular weight is 492 g/mol. The van der Waals surface area contributed by atoms with Gasteiger partial charge < -0.3 is 19.9 Å². The van der Waals surface area contributed by atoms with Crippen molar-refractivity contribution in [3.63, 3.8) is 0 Å². The second kappa shape index (κ2) is 11.2. The number of hydrogen-bond donors (Lipinski definition) is 1. The molecular weight excluding hydrogens is 457 g/mol. The number of hydrogen-bond acceptors (Lipinski definition) is 4. The Morgan fingerprint density at radius 3 is 2.56 bits per heavy atom. The minimum Gasteiger partial charge on any atom is -0.482 e. The Bertz CT molecular complexity index is 1110. The van der Waals surface area contributed by atoms with Crippen LogP contribution in [0, 0.1) is 5.82 Å². The van der Waals surface area contributed by atoms with Gasteiger partial charge >= 0.3 is 0 Å². The van der Waals surface area contributed by atoms with Crippen molar-refractivity contribution >= 4 is 17.9 Å². The number of fused-ring (bicyclic) bond motifs is 1. The van der Waals surface area contributed by atoms with Crippen LogP contribution in [-0.2, 0) is 16.1 Å². The zero-order valence-electron chi connectivity index (χ0n) is 20.6. The predicted molar refractivity (Wildman–Crippen MR) is 137 cm³/mol. The molecular formula is C29H34FN3O3. The quantitative estimate of drug-likeness (QED) is 0.585. The number of morpholine rings is 1. The number of carbonyl (C=O) groups excluding carboxylic acids is 2. The summed E-state index contributed by atoms with van der Waals surface area (Å²) in [6.07, 6.45) is 7.94. The molecule has 7 heteroatoms. The Balaban J connectivity index is 1.27. The van der Waals surface area contributed by atoms with E-state index in [4.69, 9.17) is 4.74 Å². The van der Waals surface area contributed by atoms with Gasteiger partial charge in [0.1, 0.15) is 11.9 Å². The van der Waals surface area contributed by atoms with Gasteiger partial charge in [-0.3, -0.25) is 9.59 Å². The van der Waals surface area contributed by atoms with Crippen molar-refractivity contribution in [2.24, 2.45) is 0 Å². The molecule has 2 aliphatic heterocycles. The molecule has 5 rings (SSSR count). The first-order valence-corrected chi connectivity index (χ1v) is 13.1. The molecule has 2 unspecified atom stereocenters. The smallest absolute Gasteiger partial charge is 0.289 e. The number of rotatable bonds is 7. The molecule has 2 amide bonds. The molecule has 2 aromatic carbocycles. The van der Waals surface area contributed by atoms with Crippen molar-refractivity contribution in [3.05, 3.63) is 76.8 Å². The van der Waals surface area contributed by atoms with Gasteiger partial charge in [0.15, 0.2) is 5.76 Å². The van der Waals surface area contributed by atoms with Crippen LogP contribution >= 0.6 is 0 Å². The lowest BCUT2D eigenvalue weighted by atomic mass is 9.89. The summed E-state index contributed by atoms with van der Waals surface area (Å²) in [5.41, 5.74) is 1.88. The van der Waals surface area contributed by atoms with Gasteiger partial charge in [-0.2, -0.15) is 0 Å². The first-order chi connectivity index (χ1) is 17.6. The maximum absolute atomic E-state index is 14.4. The highest BCUT2D eigenvalue weighted by molar-refractivity contribution is 5.97. The van der Waals surface area contributed by atoms with Crippen LogP contribution in [0.15, 0.2) is 54.3 Å². The molecule has 1 saturated carbocycles. The van der Waals surface area contributed by atoms with E-state index in [9.17, 15) is 14.0 Å². The minimum absolute atomic E-state index is 0.0466. The fourth-order valence-electron chi connectivity index (χ4n) is 5.49. The molecule has 0 aromatic heterocycles. The number of nitrogens with one attached hydrogen (secondary N) is 1. The molecule has 0 bridgehead atoms. The number of amides is 2.